The molecule has 146 valence electrons. The van der Waals surface area contributed by atoms with Gasteiger partial charge in [-0.15, -0.1) is 0 Å². The Morgan fingerprint density at radius 2 is 1.32 bits per heavy atom. The molecule has 25 heavy (non-hydrogen) atoms. The van der Waals surface area contributed by atoms with E-state index in [9.17, 15) is 19.6 Å². The summed E-state index contributed by atoms with van der Waals surface area (Å²) in [5, 5.41) is 12.2. The summed E-state index contributed by atoms with van der Waals surface area (Å²) in [6.45, 7) is 8.66. The van der Waals surface area contributed by atoms with Gasteiger partial charge in [-0.1, -0.05) is 13.8 Å². The van der Waals surface area contributed by atoms with E-state index in [0.29, 0.717) is 13.1 Å². The molecule has 0 aliphatic rings. The number of hydrogen-bond acceptors (Lipinski definition) is 7. The van der Waals surface area contributed by atoms with Crippen molar-refractivity contribution in [3.63, 3.8) is 0 Å². The van der Waals surface area contributed by atoms with Crippen LogP contribution in [-0.4, -0.2) is 62.0 Å². The highest BCUT2D eigenvalue weighted by Gasteiger charge is 2.38. The summed E-state index contributed by atoms with van der Waals surface area (Å²) in [6.07, 6.45) is 0.339. The van der Waals surface area contributed by atoms with Crippen molar-refractivity contribution in [3.05, 3.63) is 5.21 Å². The molecule has 0 atom stereocenters. The van der Waals surface area contributed by atoms with E-state index in [-0.39, 0.29) is 39.2 Å². The van der Waals surface area contributed by atoms with E-state index in [1.54, 1.807) is 27.7 Å². The van der Waals surface area contributed by atoms with Crippen LogP contribution in [0.1, 0.15) is 47.5 Å². The molecule has 0 radical (unpaired) electrons. The minimum atomic E-state index is -1.31. The van der Waals surface area contributed by atoms with Crippen molar-refractivity contribution in [3.8, 4) is 0 Å². The fourth-order valence-corrected chi connectivity index (χ4v) is 1.86. The van der Waals surface area contributed by atoms with Gasteiger partial charge in [0.1, 0.15) is 31.8 Å². The van der Waals surface area contributed by atoms with Gasteiger partial charge in [0.25, 0.3) is 0 Å². The summed E-state index contributed by atoms with van der Waals surface area (Å²) >= 11 is 0. The fraction of sp³-hybridized carbons (Fsp3) is 0.824. The van der Waals surface area contributed by atoms with Crippen molar-refractivity contribution in [1.29, 1.82) is 0 Å². The molecular weight excluding hydrogens is 330 g/mol. The normalized spacial score (nSPS) is 11.8. The molecule has 0 N–H and O–H groups in total. The summed E-state index contributed by atoms with van der Waals surface area (Å²) in [7, 11) is 0. The highest BCUT2D eigenvalue weighted by Crippen LogP contribution is 2.21. The Labute approximate surface area is 149 Å². The monoisotopic (exact) mass is 361 g/mol. The molecule has 0 aromatic heterocycles. The zero-order valence-electron chi connectivity index (χ0n) is 16.0. The lowest BCUT2D eigenvalue weighted by Gasteiger charge is -2.40. The summed E-state index contributed by atoms with van der Waals surface area (Å²) in [6, 6.07) is 0. The van der Waals surface area contributed by atoms with Crippen LogP contribution in [0.2, 0.25) is 0 Å². The maximum absolute atomic E-state index is 12.4. The van der Waals surface area contributed by atoms with Gasteiger partial charge in [-0.2, -0.15) is 0 Å². The second kappa shape index (κ2) is 11.0. The predicted molar refractivity (Wildman–Crippen MR) is 91.1 cm³/mol. The summed E-state index contributed by atoms with van der Waals surface area (Å²) < 4.78 is 14.8. The molecule has 0 heterocycles. The van der Waals surface area contributed by atoms with E-state index >= 15 is 0 Å². The van der Waals surface area contributed by atoms with E-state index in [1.165, 1.54) is 6.92 Å². The van der Waals surface area contributed by atoms with Crippen LogP contribution in [0.25, 0.3) is 0 Å². The molecule has 0 saturated heterocycles. The number of hydrogen-bond donors (Lipinski definition) is 0. The number of quaternary nitrogens is 1. The van der Waals surface area contributed by atoms with E-state index in [0.717, 1.165) is 0 Å². The van der Waals surface area contributed by atoms with Gasteiger partial charge in [-0.05, 0) is 20.8 Å². The van der Waals surface area contributed by atoms with Crippen molar-refractivity contribution < 1.29 is 33.2 Å². The first-order chi connectivity index (χ1) is 11.7. The second-order valence-corrected chi connectivity index (χ2v) is 6.14. The molecule has 0 unspecified atom stereocenters. The maximum Gasteiger partial charge on any atom is 0.319 e. The number of ether oxygens (including phenoxy) is 3. The molecular formula is C17H31NO7. The molecule has 0 saturated carbocycles. The third-order valence-corrected chi connectivity index (χ3v) is 4.06. The molecule has 0 fully saturated rings. The van der Waals surface area contributed by atoms with Crippen LogP contribution in [0.4, 0.5) is 0 Å². The zero-order valence-corrected chi connectivity index (χ0v) is 16.0. The smallest absolute Gasteiger partial charge is 0.319 e. The van der Waals surface area contributed by atoms with E-state index in [1.807, 2.05) is 0 Å². The molecule has 0 aliphatic carbocycles. The van der Waals surface area contributed by atoms with E-state index < -0.39 is 28.0 Å². The van der Waals surface area contributed by atoms with E-state index in [2.05, 4.69) is 0 Å². The van der Waals surface area contributed by atoms with E-state index in [4.69, 9.17) is 14.2 Å². The lowest BCUT2D eigenvalue weighted by atomic mass is 9.93. The molecule has 0 aromatic carbocycles. The highest BCUT2D eigenvalue weighted by atomic mass is 16.6. The lowest BCUT2D eigenvalue weighted by Crippen LogP contribution is -2.46. The Hall–Kier alpha value is -1.67. The second-order valence-electron chi connectivity index (χ2n) is 6.14. The van der Waals surface area contributed by atoms with Crippen LogP contribution in [-0.2, 0) is 28.6 Å². The third kappa shape index (κ3) is 8.31. The quantitative estimate of drug-likeness (QED) is 0.226. The van der Waals surface area contributed by atoms with Gasteiger partial charge in [-0.25, -0.2) is 0 Å². The van der Waals surface area contributed by atoms with Crippen LogP contribution in [0.5, 0.6) is 0 Å². The number of likely N-dealkylation sites (N-methyl/N-ethyl adjacent to an activating group) is 1. The third-order valence-electron chi connectivity index (χ3n) is 4.06. The first-order valence-electron chi connectivity index (χ1n) is 8.71. The van der Waals surface area contributed by atoms with Gasteiger partial charge in [0.05, 0.1) is 13.1 Å². The Bertz CT molecular complexity index is 426. The van der Waals surface area contributed by atoms with Crippen LogP contribution < -0.4 is 0 Å². The number of rotatable bonds is 12. The SMILES string of the molecule is CCC(=O)OCC(C)(COC(=O)CC)C(=O)OCC[N+]([O-])(CC)CC. The first-order valence-corrected chi connectivity index (χ1v) is 8.71. The van der Waals surface area contributed by atoms with Crippen LogP contribution in [0.3, 0.4) is 0 Å². The largest absolute Gasteiger partial charge is 0.633 e. The molecule has 8 heteroatoms. The first kappa shape index (κ1) is 23.3. The summed E-state index contributed by atoms with van der Waals surface area (Å²) in [4.78, 5) is 35.2. The van der Waals surface area contributed by atoms with Gasteiger partial charge >= 0.3 is 17.9 Å². The number of carbonyl (C=O) groups is 3. The standard InChI is InChI=1S/C17H31NO7/c1-6-14(19)24-12-17(5,13-25-15(20)7-2)16(21)23-11-10-18(22,8-3)9-4/h6-13H2,1-5H3. The molecule has 0 bridgehead atoms. The van der Waals surface area contributed by atoms with Crippen molar-refractivity contribution in [2.24, 2.45) is 5.41 Å². The molecule has 0 rings (SSSR count). The lowest BCUT2D eigenvalue weighted by molar-refractivity contribution is -0.877. The fourth-order valence-electron chi connectivity index (χ4n) is 1.86. The average molecular weight is 361 g/mol. The Kier molecular flexibility index (Phi) is 10.3. The van der Waals surface area contributed by atoms with Crippen LogP contribution in [0, 0.1) is 10.6 Å². The molecule has 0 amide bonds. The van der Waals surface area contributed by atoms with Gasteiger partial charge in [0.15, 0.2) is 0 Å². The maximum atomic E-state index is 12.4. The molecule has 0 spiro atoms. The minimum Gasteiger partial charge on any atom is -0.633 e. The average Bonchev–Trinajstić information content (AvgIpc) is 2.63. The topological polar surface area (TPSA) is 102 Å². The number of nitrogens with zero attached hydrogens (tertiary/aromatic N) is 1. The number of hydroxylamine groups is 3. The molecule has 0 aromatic rings. The minimum absolute atomic E-state index is 0.0525. The Morgan fingerprint density at radius 1 is 0.880 bits per heavy atom. The molecule has 8 nitrogen and oxygen atoms in total. The zero-order chi connectivity index (χ0) is 19.5. The van der Waals surface area contributed by atoms with Crippen molar-refractivity contribution in [2.75, 3.05) is 39.5 Å². The molecule has 0 aliphatic heterocycles. The Balaban J connectivity index is 4.83. The van der Waals surface area contributed by atoms with Crippen LogP contribution in [0.15, 0.2) is 0 Å². The number of carbonyl (C=O) groups excluding carboxylic acids is 3. The van der Waals surface area contributed by atoms with Crippen molar-refractivity contribution >= 4 is 17.9 Å². The summed E-state index contributed by atoms with van der Waals surface area (Å²) in [5.74, 6) is -1.60. The Morgan fingerprint density at radius 3 is 1.68 bits per heavy atom. The van der Waals surface area contributed by atoms with Gasteiger partial charge in [0.2, 0.25) is 0 Å². The predicted octanol–water partition coefficient (Wildman–Crippen LogP) is 1.80. The highest BCUT2D eigenvalue weighted by molar-refractivity contribution is 5.78. The van der Waals surface area contributed by atoms with Crippen molar-refractivity contribution in [1.82, 2.24) is 0 Å². The van der Waals surface area contributed by atoms with Gasteiger partial charge < -0.3 is 24.1 Å². The van der Waals surface area contributed by atoms with Gasteiger partial charge in [0, 0.05) is 12.8 Å². The van der Waals surface area contributed by atoms with Crippen LogP contribution >= 0.6 is 0 Å². The van der Waals surface area contributed by atoms with Gasteiger partial charge in [-0.3, -0.25) is 14.4 Å². The van der Waals surface area contributed by atoms with Crippen molar-refractivity contribution in [2.45, 2.75) is 47.5 Å². The number of esters is 3. The summed E-state index contributed by atoms with van der Waals surface area (Å²) in [5.41, 5.74) is -1.31.